The van der Waals surface area contributed by atoms with Crippen LogP contribution in [0.1, 0.15) is 26.4 Å². The van der Waals surface area contributed by atoms with Crippen molar-refractivity contribution in [2.45, 2.75) is 13.1 Å². The number of methoxy groups -OCH3 is 1. The van der Waals surface area contributed by atoms with Crippen molar-refractivity contribution in [2.75, 3.05) is 12.0 Å². The standard InChI is InChI=1S/C24H19N3O4S/c1-31-18-8-2-15(3-9-18)13-25-23(29)16-4-6-17(7-5-16)27-22(28)14-26-19-10-11-32-21(19)12-20(26)24(27)30/h2-12H,13-14H2,1H3,(H,25,29). The van der Waals surface area contributed by atoms with Crippen molar-refractivity contribution >= 4 is 45.0 Å². The summed E-state index contributed by atoms with van der Waals surface area (Å²) < 4.78 is 7.87. The minimum absolute atomic E-state index is 0.103. The number of nitrogens with one attached hydrogen (secondary N) is 1. The molecule has 0 atom stereocenters. The van der Waals surface area contributed by atoms with E-state index in [1.807, 2.05) is 41.8 Å². The second kappa shape index (κ2) is 7.97. The smallest absolute Gasteiger partial charge is 0.281 e. The van der Waals surface area contributed by atoms with E-state index in [1.165, 1.54) is 16.2 Å². The van der Waals surface area contributed by atoms with E-state index in [0.717, 1.165) is 21.5 Å². The highest BCUT2D eigenvalue weighted by atomic mass is 32.1. The Bertz CT molecular complexity index is 1340. The fourth-order valence-corrected chi connectivity index (χ4v) is 4.63. The molecule has 3 heterocycles. The molecule has 0 unspecified atom stereocenters. The van der Waals surface area contributed by atoms with Crippen LogP contribution in [-0.2, 0) is 17.9 Å². The maximum Gasteiger partial charge on any atom is 0.281 e. The van der Waals surface area contributed by atoms with Crippen LogP contribution in [0.25, 0.3) is 10.2 Å². The van der Waals surface area contributed by atoms with Crippen LogP contribution in [0.3, 0.4) is 0 Å². The molecule has 0 fully saturated rings. The first-order valence-corrected chi connectivity index (χ1v) is 10.9. The Morgan fingerprint density at radius 1 is 1.06 bits per heavy atom. The number of hydrogen-bond donors (Lipinski definition) is 1. The minimum atomic E-state index is -0.360. The molecule has 3 amide bonds. The first kappa shape index (κ1) is 20.0. The second-order valence-electron chi connectivity index (χ2n) is 7.40. The largest absolute Gasteiger partial charge is 0.497 e. The number of carbonyl (C=O) groups is 3. The van der Waals surface area contributed by atoms with Gasteiger partial charge in [-0.15, -0.1) is 11.3 Å². The third-order valence-electron chi connectivity index (χ3n) is 5.49. The van der Waals surface area contributed by atoms with Gasteiger partial charge in [-0.05, 0) is 59.5 Å². The lowest BCUT2D eigenvalue weighted by Crippen LogP contribution is -2.44. The Balaban J connectivity index is 1.30. The van der Waals surface area contributed by atoms with E-state index in [0.29, 0.717) is 23.5 Å². The maximum atomic E-state index is 13.0. The fourth-order valence-electron chi connectivity index (χ4n) is 3.81. The van der Waals surface area contributed by atoms with Crippen molar-refractivity contribution in [1.82, 2.24) is 9.88 Å². The maximum absolute atomic E-state index is 13.0. The molecule has 1 N–H and O–H groups in total. The van der Waals surface area contributed by atoms with Crippen LogP contribution in [0.2, 0.25) is 0 Å². The van der Waals surface area contributed by atoms with Crippen molar-refractivity contribution in [3.05, 3.63) is 82.9 Å². The molecule has 160 valence electrons. The molecule has 0 aliphatic carbocycles. The molecule has 0 saturated carbocycles. The summed E-state index contributed by atoms with van der Waals surface area (Å²) in [6.45, 7) is 0.479. The average Bonchev–Trinajstić information content (AvgIpc) is 3.41. The molecule has 1 aliphatic heterocycles. The number of hydrogen-bond acceptors (Lipinski definition) is 5. The highest BCUT2D eigenvalue weighted by molar-refractivity contribution is 7.17. The molecule has 2 aromatic heterocycles. The van der Waals surface area contributed by atoms with Gasteiger partial charge in [-0.2, -0.15) is 0 Å². The van der Waals surface area contributed by atoms with Crippen LogP contribution < -0.4 is 15.0 Å². The van der Waals surface area contributed by atoms with Crippen molar-refractivity contribution in [1.29, 1.82) is 0 Å². The quantitative estimate of drug-likeness (QED) is 0.474. The van der Waals surface area contributed by atoms with Crippen LogP contribution in [-0.4, -0.2) is 29.4 Å². The summed E-state index contributed by atoms with van der Waals surface area (Å²) in [5.41, 5.74) is 3.23. The van der Waals surface area contributed by atoms with Crippen molar-refractivity contribution in [2.24, 2.45) is 0 Å². The molecule has 5 rings (SSSR count). The molecular weight excluding hydrogens is 426 g/mol. The number of benzene rings is 2. The van der Waals surface area contributed by atoms with E-state index in [1.54, 1.807) is 35.9 Å². The number of ether oxygens (including phenoxy) is 1. The average molecular weight is 446 g/mol. The van der Waals surface area contributed by atoms with Gasteiger partial charge >= 0.3 is 0 Å². The Kier molecular flexibility index (Phi) is 4.99. The van der Waals surface area contributed by atoms with E-state index >= 15 is 0 Å². The lowest BCUT2D eigenvalue weighted by molar-refractivity contribution is -0.118. The summed E-state index contributed by atoms with van der Waals surface area (Å²) in [6.07, 6.45) is 0. The Morgan fingerprint density at radius 3 is 2.53 bits per heavy atom. The molecule has 4 aromatic rings. The van der Waals surface area contributed by atoms with Crippen LogP contribution in [0.4, 0.5) is 5.69 Å². The van der Waals surface area contributed by atoms with Gasteiger partial charge in [0, 0.05) is 12.1 Å². The predicted molar refractivity (Wildman–Crippen MR) is 122 cm³/mol. The van der Waals surface area contributed by atoms with Crippen LogP contribution in [0, 0.1) is 0 Å². The SMILES string of the molecule is COc1ccc(CNC(=O)c2ccc(N3C(=O)Cn4c(cc5sccc54)C3=O)cc2)cc1. The molecule has 0 saturated heterocycles. The highest BCUT2D eigenvalue weighted by Crippen LogP contribution is 2.30. The lowest BCUT2D eigenvalue weighted by Gasteiger charge is -2.27. The molecule has 7 nitrogen and oxygen atoms in total. The summed E-state index contributed by atoms with van der Waals surface area (Å²) in [4.78, 5) is 39.5. The minimum Gasteiger partial charge on any atom is -0.497 e. The normalized spacial score (nSPS) is 13.3. The highest BCUT2D eigenvalue weighted by Gasteiger charge is 2.33. The Hall–Kier alpha value is -3.91. The summed E-state index contributed by atoms with van der Waals surface area (Å²) in [5, 5.41) is 4.81. The monoisotopic (exact) mass is 445 g/mol. The number of anilines is 1. The van der Waals surface area contributed by atoms with E-state index in [-0.39, 0.29) is 24.3 Å². The molecule has 8 heteroatoms. The van der Waals surface area contributed by atoms with Gasteiger partial charge in [0.1, 0.15) is 18.0 Å². The van der Waals surface area contributed by atoms with Gasteiger partial charge in [0.15, 0.2) is 0 Å². The molecule has 0 spiro atoms. The summed E-state index contributed by atoms with van der Waals surface area (Å²) in [5.74, 6) is -0.147. The summed E-state index contributed by atoms with van der Waals surface area (Å²) in [7, 11) is 1.60. The van der Waals surface area contributed by atoms with Gasteiger partial charge < -0.3 is 14.6 Å². The molecule has 0 radical (unpaired) electrons. The molecule has 2 aromatic carbocycles. The van der Waals surface area contributed by atoms with Gasteiger partial charge in [-0.1, -0.05) is 12.1 Å². The number of imide groups is 1. The first-order chi connectivity index (χ1) is 15.5. The first-order valence-electron chi connectivity index (χ1n) is 10.0. The number of carbonyl (C=O) groups excluding carboxylic acids is 3. The van der Waals surface area contributed by atoms with Crippen molar-refractivity contribution < 1.29 is 19.1 Å². The van der Waals surface area contributed by atoms with Crippen molar-refractivity contribution in [3.63, 3.8) is 0 Å². The van der Waals surface area contributed by atoms with Crippen LogP contribution in [0.5, 0.6) is 5.75 Å². The van der Waals surface area contributed by atoms with E-state index in [9.17, 15) is 14.4 Å². The number of amides is 3. The van der Waals surface area contributed by atoms with Gasteiger partial charge in [-0.25, -0.2) is 4.90 Å². The Morgan fingerprint density at radius 2 is 1.81 bits per heavy atom. The van der Waals surface area contributed by atoms with Crippen molar-refractivity contribution in [3.8, 4) is 5.75 Å². The zero-order valence-corrected chi connectivity index (χ0v) is 18.0. The second-order valence-corrected chi connectivity index (χ2v) is 8.35. The lowest BCUT2D eigenvalue weighted by atomic mass is 10.1. The summed E-state index contributed by atoms with van der Waals surface area (Å²) >= 11 is 1.54. The number of nitrogens with zero attached hydrogens (tertiary/aromatic N) is 2. The van der Waals surface area contributed by atoms with Gasteiger partial charge in [0.05, 0.1) is 23.0 Å². The van der Waals surface area contributed by atoms with Gasteiger partial charge in [-0.3, -0.25) is 14.4 Å². The number of aromatic nitrogens is 1. The van der Waals surface area contributed by atoms with E-state index < -0.39 is 0 Å². The Labute approximate surface area is 187 Å². The van der Waals surface area contributed by atoms with Gasteiger partial charge in [0.2, 0.25) is 0 Å². The third-order valence-corrected chi connectivity index (χ3v) is 6.34. The number of fused-ring (bicyclic) bond motifs is 3. The molecular formula is C24H19N3O4S. The fraction of sp³-hybridized carbons (Fsp3) is 0.125. The number of thiophene rings is 1. The molecule has 0 bridgehead atoms. The van der Waals surface area contributed by atoms with E-state index in [4.69, 9.17) is 4.74 Å². The van der Waals surface area contributed by atoms with E-state index in [2.05, 4.69) is 5.32 Å². The van der Waals surface area contributed by atoms with Gasteiger partial charge in [0.25, 0.3) is 17.7 Å². The summed E-state index contributed by atoms with van der Waals surface area (Å²) in [6, 6.07) is 17.7. The topological polar surface area (TPSA) is 80.6 Å². The zero-order valence-electron chi connectivity index (χ0n) is 17.2. The zero-order chi connectivity index (χ0) is 22.2. The third kappa shape index (κ3) is 3.44. The number of rotatable bonds is 5. The molecule has 32 heavy (non-hydrogen) atoms. The van der Waals surface area contributed by atoms with Crippen LogP contribution >= 0.6 is 11.3 Å². The predicted octanol–water partition coefficient (Wildman–Crippen LogP) is 3.83. The molecule has 1 aliphatic rings. The van der Waals surface area contributed by atoms with Crippen LogP contribution in [0.15, 0.2) is 66.0 Å².